The van der Waals surface area contributed by atoms with Gasteiger partial charge in [-0.15, -0.1) is 0 Å². The molecular formula is C27H24N4O3. The third kappa shape index (κ3) is 4.15. The molecule has 34 heavy (non-hydrogen) atoms. The van der Waals surface area contributed by atoms with Crippen LogP contribution in [0.15, 0.2) is 79.1 Å². The molecular weight excluding hydrogens is 428 g/mol. The molecule has 5 rings (SSSR count). The zero-order valence-corrected chi connectivity index (χ0v) is 19.0. The number of nitrogens with zero attached hydrogens (tertiary/aromatic N) is 3. The van der Waals surface area contributed by atoms with Crippen LogP contribution in [-0.2, 0) is 6.42 Å². The topological polar surface area (TPSA) is 77.8 Å². The summed E-state index contributed by atoms with van der Waals surface area (Å²) in [7, 11) is 3.19. The second-order valence-corrected chi connectivity index (χ2v) is 7.85. The van der Waals surface area contributed by atoms with Crippen molar-refractivity contribution in [2.75, 3.05) is 20.8 Å². The van der Waals surface area contributed by atoms with Crippen molar-refractivity contribution in [3.05, 3.63) is 90.4 Å². The number of carbonyl (C=O) groups is 1. The summed E-state index contributed by atoms with van der Waals surface area (Å²) in [5.74, 6) is 1.09. The zero-order valence-electron chi connectivity index (χ0n) is 19.0. The molecule has 1 N–H and O–H groups in total. The monoisotopic (exact) mass is 452 g/mol. The molecule has 0 bridgehead atoms. The van der Waals surface area contributed by atoms with Crippen LogP contribution in [0.2, 0.25) is 0 Å². The lowest BCUT2D eigenvalue weighted by atomic mass is 10.0. The van der Waals surface area contributed by atoms with E-state index in [1.54, 1.807) is 14.2 Å². The number of rotatable bonds is 7. The molecule has 7 nitrogen and oxygen atoms in total. The molecule has 0 atom stereocenters. The maximum absolute atomic E-state index is 13.2. The first-order valence-corrected chi connectivity index (χ1v) is 11.0. The van der Waals surface area contributed by atoms with Gasteiger partial charge in [-0.25, -0.2) is 9.97 Å². The molecule has 0 aliphatic rings. The van der Waals surface area contributed by atoms with Crippen molar-refractivity contribution in [3.8, 4) is 22.8 Å². The Labute approximate surface area is 197 Å². The Balaban J connectivity index is 1.42. The molecule has 170 valence electrons. The van der Waals surface area contributed by atoms with E-state index in [0.717, 1.165) is 27.8 Å². The number of ether oxygens (including phenoxy) is 2. The molecule has 0 saturated heterocycles. The summed E-state index contributed by atoms with van der Waals surface area (Å²) in [6.07, 6.45) is 4.58. The summed E-state index contributed by atoms with van der Waals surface area (Å²) < 4.78 is 12.8. The fraction of sp³-hybridized carbons (Fsp3) is 0.148. The van der Waals surface area contributed by atoms with Gasteiger partial charge in [0.15, 0.2) is 11.5 Å². The molecule has 7 heteroatoms. The van der Waals surface area contributed by atoms with Crippen molar-refractivity contribution in [1.29, 1.82) is 0 Å². The fourth-order valence-electron chi connectivity index (χ4n) is 4.01. The van der Waals surface area contributed by atoms with Gasteiger partial charge in [-0.2, -0.15) is 0 Å². The summed E-state index contributed by atoms with van der Waals surface area (Å²) in [6.45, 7) is 0.477. The Hall–Kier alpha value is -4.39. The predicted molar refractivity (Wildman–Crippen MR) is 132 cm³/mol. The van der Waals surface area contributed by atoms with Gasteiger partial charge in [-0.1, -0.05) is 24.3 Å². The number of hydrogen-bond donors (Lipinski definition) is 1. The minimum absolute atomic E-state index is 0.149. The molecule has 0 spiro atoms. The molecule has 0 fully saturated rings. The van der Waals surface area contributed by atoms with Crippen molar-refractivity contribution in [2.24, 2.45) is 0 Å². The molecule has 0 unspecified atom stereocenters. The summed E-state index contributed by atoms with van der Waals surface area (Å²) >= 11 is 0. The van der Waals surface area contributed by atoms with E-state index in [4.69, 9.17) is 14.5 Å². The van der Waals surface area contributed by atoms with E-state index in [-0.39, 0.29) is 5.91 Å². The smallest absolute Gasteiger partial charge is 0.252 e. The fourth-order valence-corrected chi connectivity index (χ4v) is 4.01. The van der Waals surface area contributed by atoms with Crippen LogP contribution in [0.5, 0.6) is 11.5 Å². The van der Waals surface area contributed by atoms with Crippen molar-refractivity contribution < 1.29 is 14.3 Å². The third-order valence-electron chi connectivity index (χ3n) is 5.72. The molecule has 2 aromatic carbocycles. The number of fused-ring (bicyclic) bond motifs is 2. The van der Waals surface area contributed by atoms with Crippen LogP contribution in [0.3, 0.4) is 0 Å². The zero-order chi connectivity index (χ0) is 23.5. The largest absolute Gasteiger partial charge is 0.493 e. The molecule has 3 heterocycles. The molecule has 3 aromatic heterocycles. The van der Waals surface area contributed by atoms with E-state index in [1.165, 1.54) is 0 Å². The van der Waals surface area contributed by atoms with E-state index in [9.17, 15) is 4.79 Å². The number of methoxy groups -OCH3 is 2. The van der Waals surface area contributed by atoms with Gasteiger partial charge >= 0.3 is 0 Å². The van der Waals surface area contributed by atoms with Crippen LogP contribution in [0.1, 0.15) is 16.1 Å². The highest BCUT2D eigenvalue weighted by atomic mass is 16.5. The highest BCUT2D eigenvalue weighted by molar-refractivity contribution is 6.07. The average molecular weight is 453 g/mol. The molecule has 5 aromatic rings. The van der Waals surface area contributed by atoms with Gasteiger partial charge < -0.3 is 19.2 Å². The second-order valence-electron chi connectivity index (χ2n) is 7.85. The quantitative estimate of drug-likeness (QED) is 0.392. The maximum atomic E-state index is 13.2. The summed E-state index contributed by atoms with van der Waals surface area (Å²) in [6, 6.07) is 21.0. The van der Waals surface area contributed by atoms with Crippen LogP contribution >= 0.6 is 0 Å². The summed E-state index contributed by atoms with van der Waals surface area (Å²) in [4.78, 5) is 22.6. The van der Waals surface area contributed by atoms with E-state index in [0.29, 0.717) is 35.7 Å². The first-order chi connectivity index (χ1) is 16.7. The van der Waals surface area contributed by atoms with E-state index >= 15 is 0 Å². The first kappa shape index (κ1) is 21.5. The highest BCUT2D eigenvalue weighted by Gasteiger charge is 2.15. The minimum Gasteiger partial charge on any atom is -0.493 e. The van der Waals surface area contributed by atoms with Gasteiger partial charge in [-0.05, 0) is 42.5 Å². The second kappa shape index (κ2) is 9.23. The van der Waals surface area contributed by atoms with Gasteiger partial charge in [0.25, 0.3) is 5.91 Å². The number of hydrogen-bond acceptors (Lipinski definition) is 5. The van der Waals surface area contributed by atoms with Crippen LogP contribution in [0, 0.1) is 0 Å². The highest BCUT2D eigenvalue weighted by Crippen LogP contribution is 2.33. The number of aromatic nitrogens is 3. The van der Waals surface area contributed by atoms with E-state index in [1.807, 2.05) is 83.5 Å². The van der Waals surface area contributed by atoms with Crippen molar-refractivity contribution in [1.82, 2.24) is 19.7 Å². The lowest BCUT2D eigenvalue weighted by molar-refractivity contribution is 0.0955. The SMILES string of the molecule is COc1ccc(-c2cc(C(=O)NCCc3cn4ccccc4n3)c3ccccc3n2)cc1OC. The Morgan fingerprint density at radius 3 is 2.59 bits per heavy atom. The normalized spacial score (nSPS) is 11.0. The molecule has 0 radical (unpaired) electrons. The van der Waals surface area contributed by atoms with Crippen molar-refractivity contribution in [3.63, 3.8) is 0 Å². The number of pyridine rings is 2. The number of nitrogens with one attached hydrogen (secondary N) is 1. The Morgan fingerprint density at radius 1 is 0.941 bits per heavy atom. The number of imidazole rings is 1. The molecule has 0 aliphatic heterocycles. The predicted octanol–water partition coefficient (Wildman–Crippen LogP) is 4.54. The van der Waals surface area contributed by atoms with Gasteiger partial charge in [0.1, 0.15) is 5.65 Å². The van der Waals surface area contributed by atoms with Crippen molar-refractivity contribution >= 4 is 22.5 Å². The van der Waals surface area contributed by atoms with Crippen LogP contribution in [0.25, 0.3) is 27.8 Å². The Bertz CT molecular complexity index is 1460. The first-order valence-electron chi connectivity index (χ1n) is 11.0. The van der Waals surface area contributed by atoms with Gasteiger partial charge in [0.05, 0.1) is 36.7 Å². The Kier molecular flexibility index (Phi) is 5.82. The number of benzene rings is 2. The van der Waals surface area contributed by atoms with Crippen LogP contribution in [-0.4, -0.2) is 41.0 Å². The number of amides is 1. The molecule has 1 amide bonds. The van der Waals surface area contributed by atoms with Crippen molar-refractivity contribution in [2.45, 2.75) is 6.42 Å². The lowest BCUT2D eigenvalue weighted by Gasteiger charge is -2.12. The number of para-hydroxylation sites is 1. The van der Waals surface area contributed by atoms with Gasteiger partial charge in [0, 0.05) is 36.3 Å². The van der Waals surface area contributed by atoms with E-state index in [2.05, 4.69) is 10.3 Å². The lowest BCUT2D eigenvalue weighted by Crippen LogP contribution is -2.26. The maximum Gasteiger partial charge on any atom is 0.252 e. The summed E-state index contributed by atoms with van der Waals surface area (Å²) in [5, 5.41) is 3.85. The average Bonchev–Trinajstić information content (AvgIpc) is 3.30. The standard InChI is InChI=1S/C27H24N4O3/c1-33-24-11-10-18(15-25(24)34-2)23-16-21(20-7-3-4-8-22(20)30-23)27(32)28-13-12-19-17-31-14-6-5-9-26(31)29-19/h3-11,14-17H,12-13H2,1-2H3,(H,28,32). The molecule has 0 aliphatic carbocycles. The van der Waals surface area contributed by atoms with Crippen LogP contribution in [0.4, 0.5) is 0 Å². The Morgan fingerprint density at radius 2 is 1.76 bits per heavy atom. The van der Waals surface area contributed by atoms with E-state index < -0.39 is 0 Å². The van der Waals surface area contributed by atoms with Gasteiger partial charge in [-0.3, -0.25) is 4.79 Å². The summed E-state index contributed by atoms with van der Waals surface area (Å²) in [5.41, 5.74) is 4.67. The van der Waals surface area contributed by atoms with Gasteiger partial charge in [0.2, 0.25) is 0 Å². The minimum atomic E-state index is -0.149. The molecule has 0 saturated carbocycles. The number of carbonyl (C=O) groups excluding carboxylic acids is 1. The van der Waals surface area contributed by atoms with Crippen LogP contribution < -0.4 is 14.8 Å². The third-order valence-corrected chi connectivity index (χ3v) is 5.72.